The molecule has 0 saturated heterocycles. The quantitative estimate of drug-likeness (QED) is 0.248. The van der Waals surface area contributed by atoms with E-state index in [0.29, 0.717) is 25.8 Å². The lowest BCUT2D eigenvalue weighted by molar-refractivity contribution is -0.137. The summed E-state index contributed by atoms with van der Waals surface area (Å²) in [4.78, 5) is 11.7. The summed E-state index contributed by atoms with van der Waals surface area (Å²) >= 11 is 0. The number of amides is 1. The summed E-state index contributed by atoms with van der Waals surface area (Å²) in [6.45, 7) is 0.299. The molecule has 1 aromatic rings. The highest BCUT2D eigenvalue weighted by Gasteiger charge is 2.30. The van der Waals surface area contributed by atoms with Gasteiger partial charge in [0.2, 0.25) is 0 Å². The molecular weight excluding hydrogens is 287 g/mol. The Morgan fingerprint density at radius 2 is 2.05 bits per heavy atom. The number of amidine groups is 1. The second-order valence-corrected chi connectivity index (χ2v) is 4.38. The number of hydrogen-bond acceptors (Lipinski definition) is 3. The van der Waals surface area contributed by atoms with Crippen molar-refractivity contribution in [2.45, 2.75) is 25.4 Å². The molecule has 1 amide bonds. The normalized spacial score (nSPS) is 12.2. The number of carbonyl (C=O) groups is 1. The van der Waals surface area contributed by atoms with Crippen LogP contribution in [0, 0.1) is 0 Å². The minimum absolute atomic E-state index is 0.0405. The van der Waals surface area contributed by atoms with Gasteiger partial charge in [0.1, 0.15) is 5.84 Å². The lowest BCUT2D eigenvalue weighted by Gasteiger charge is -2.09. The van der Waals surface area contributed by atoms with E-state index in [4.69, 9.17) is 10.9 Å². The molecule has 21 heavy (non-hydrogen) atoms. The molecule has 1 rings (SSSR count). The number of rotatable bonds is 6. The molecule has 0 saturated carbocycles. The van der Waals surface area contributed by atoms with Crippen LogP contribution in [-0.2, 0) is 6.18 Å². The molecule has 0 atom stereocenters. The number of benzene rings is 1. The van der Waals surface area contributed by atoms with Crippen molar-refractivity contribution < 1.29 is 23.2 Å². The number of nitrogens with two attached hydrogens (primary N) is 1. The number of oxime groups is 1. The first-order valence-electron chi connectivity index (χ1n) is 6.26. The third kappa shape index (κ3) is 5.72. The Balaban J connectivity index is 2.46. The van der Waals surface area contributed by atoms with Crippen LogP contribution in [0.15, 0.2) is 29.4 Å². The molecule has 0 aromatic heterocycles. The van der Waals surface area contributed by atoms with Crippen LogP contribution in [0.3, 0.4) is 0 Å². The average molecular weight is 303 g/mol. The Morgan fingerprint density at radius 3 is 2.67 bits per heavy atom. The zero-order chi connectivity index (χ0) is 15.9. The Labute approximate surface area is 119 Å². The monoisotopic (exact) mass is 303 g/mol. The van der Waals surface area contributed by atoms with Gasteiger partial charge in [-0.3, -0.25) is 4.79 Å². The van der Waals surface area contributed by atoms with Crippen molar-refractivity contribution in [2.24, 2.45) is 10.9 Å². The van der Waals surface area contributed by atoms with E-state index in [-0.39, 0.29) is 11.4 Å². The van der Waals surface area contributed by atoms with Gasteiger partial charge in [0.05, 0.1) is 5.56 Å². The minimum atomic E-state index is -4.47. The Kier molecular flexibility index (Phi) is 6.01. The predicted molar refractivity (Wildman–Crippen MR) is 71.0 cm³/mol. The number of nitrogens with one attached hydrogen (secondary N) is 1. The van der Waals surface area contributed by atoms with Gasteiger partial charge in [0.15, 0.2) is 0 Å². The molecule has 0 heterocycles. The van der Waals surface area contributed by atoms with Gasteiger partial charge in [-0.15, -0.1) is 0 Å². The number of hydrogen-bond donors (Lipinski definition) is 3. The standard InChI is InChI=1S/C13H16F3N3O2/c14-13(15,16)10-5-3-4-9(8-10)12(20)18-7-2-1-6-11(17)19-21/h3-5,8,21H,1-2,6-7H2,(H2,17,19)(H,18,20). The topological polar surface area (TPSA) is 87.7 Å². The summed E-state index contributed by atoms with van der Waals surface area (Å²) < 4.78 is 37.6. The first-order chi connectivity index (χ1) is 9.84. The second kappa shape index (κ2) is 7.51. The second-order valence-electron chi connectivity index (χ2n) is 4.38. The maximum atomic E-state index is 12.5. The summed E-state index contributed by atoms with van der Waals surface area (Å²) in [5, 5.41) is 13.6. The number of alkyl halides is 3. The minimum Gasteiger partial charge on any atom is -0.409 e. The third-order valence-electron chi connectivity index (χ3n) is 2.73. The maximum Gasteiger partial charge on any atom is 0.416 e. The predicted octanol–water partition coefficient (Wildman–Crippen LogP) is 2.35. The first kappa shape index (κ1) is 16.8. The SMILES string of the molecule is NC(CCCCNC(=O)c1cccc(C(F)(F)F)c1)=NO. The van der Waals surface area contributed by atoms with Crippen LogP contribution < -0.4 is 11.1 Å². The van der Waals surface area contributed by atoms with Crippen LogP contribution in [-0.4, -0.2) is 23.5 Å². The molecule has 1 aromatic carbocycles. The summed E-state index contributed by atoms with van der Waals surface area (Å²) in [6, 6.07) is 4.23. The zero-order valence-electron chi connectivity index (χ0n) is 11.2. The molecule has 0 radical (unpaired) electrons. The molecule has 0 unspecified atom stereocenters. The molecule has 0 aliphatic carbocycles. The van der Waals surface area contributed by atoms with Crippen LogP contribution in [0.5, 0.6) is 0 Å². The zero-order valence-corrected chi connectivity index (χ0v) is 11.2. The van der Waals surface area contributed by atoms with Crippen LogP contribution in [0.25, 0.3) is 0 Å². The molecule has 5 nitrogen and oxygen atoms in total. The van der Waals surface area contributed by atoms with Crippen molar-refractivity contribution in [3.05, 3.63) is 35.4 Å². The van der Waals surface area contributed by atoms with Gasteiger partial charge < -0.3 is 16.3 Å². The maximum absolute atomic E-state index is 12.5. The van der Waals surface area contributed by atoms with Crippen molar-refractivity contribution in [1.29, 1.82) is 0 Å². The van der Waals surface area contributed by atoms with Crippen molar-refractivity contribution in [3.8, 4) is 0 Å². The van der Waals surface area contributed by atoms with Gasteiger partial charge in [0, 0.05) is 18.5 Å². The molecule has 0 bridgehead atoms. The van der Waals surface area contributed by atoms with E-state index < -0.39 is 17.6 Å². The van der Waals surface area contributed by atoms with Crippen molar-refractivity contribution in [1.82, 2.24) is 5.32 Å². The number of carbonyl (C=O) groups excluding carboxylic acids is 1. The Bertz CT molecular complexity index is 516. The van der Waals surface area contributed by atoms with E-state index in [1.165, 1.54) is 12.1 Å². The van der Waals surface area contributed by atoms with Gasteiger partial charge in [-0.05, 0) is 31.0 Å². The van der Waals surface area contributed by atoms with Gasteiger partial charge in [-0.2, -0.15) is 13.2 Å². The highest BCUT2D eigenvalue weighted by molar-refractivity contribution is 5.94. The van der Waals surface area contributed by atoms with Gasteiger partial charge >= 0.3 is 6.18 Å². The van der Waals surface area contributed by atoms with E-state index in [1.54, 1.807) is 0 Å². The van der Waals surface area contributed by atoms with Gasteiger partial charge in [-0.25, -0.2) is 0 Å². The Morgan fingerprint density at radius 1 is 1.33 bits per heavy atom. The van der Waals surface area contributed by atoms with E-state index in [0.717, 1.165) is 12.1 Å². The molecule has 0 spiro atoms. The molecule has 0 aliphatic rings. The summed E-state index contributed by atoms with van der Waals surface area (Å²) in [6.07, 6.45) is -2.92. The van der Waals surface area contributed by atoms with E-state index >= 15 is 0 Å². The molecule has 8 heteroatoms. The number of nitrogens with zero attached hydrogens (tertiary/aromatic N) is 1. The lowest BCUT2D eigenvalue weighted by Crippen LogP contribution is -2.25. The van der Waals surface area contributed by atoms with E-state index in [2.05, 4.69) is 10.5 Å². The van der Waals surface area contributed by atoms with Crippen LogP contribution in [0.1, 0.15) is 35.2 Å². The Hall–Kier alpha value is -2.25. The van der Waals surface area contributed by atoms with Crippen molar-refractivity contribution in [2.75, 3.05) is 6.54 Å². The fourth-order valence-electron chi connectivity index (χ4n) is 1.62. The van der Waals surface area contributed by atoms with Crippen LogP contribution in [0.2, 0.25) is 0 Å². The van der Waals surface area contributed by atoms with Gasteiger partial charge in [0.25, 0.3) is 5.91 Å². The van der Waals surface area contributed by atoms with E-state index in [1.807, 2.05) is 0 Å². The molecule has 116 valence electrons. The molecular formula is C13H16F3N3O2. The smallest absolute Gasteiger partial charge is 0.409 e. The molecule has 0 fully saturated rings. The van der Waals surface area contributed by atoms with E-state index in [9.17, 15) is 18.0 Å². The number of halogens is 3. The highest BCUT2D eigenvalue weighted by atomic mass is 19.4. The molecule has 4 N–H and O–H groups in total. The largest absolute Gasteiger partial charge is 0.416 e. The lowest BCUT2D eigenvalue weighted by atomic mass is 10.1. The highest BCUT2D eigenvalue weighted by Crippen LogP contribution is 2.29. The summed E-state index contributed by atoms with van der Waals surface area (Å²) in [5.74, 6) is -0.468. The average Bonchev–Trinajstić information content (AvgIpc) is 2.45. The van der Waals surface area contributed by atoms with Crippen molar-refractivity contribution in [3.63, 3.8) is 0 Å². The fourth-order valence-corrected chi connectivity index (χ4v) is 1.62. The van der Waals surface area contributed by atoms with Crippen LogP contribution >= 0.6 is 0 Å². The van der Waals surface area contributed by atoms with Crippen LogP contribution in [0.4, 0.5) is 13.2 Å². The summed E-state index contributed by atoms with van der Waals surface area (Å²) in [5.41, 5.74) is 4.37. The molecule has 0 aliphatic heterocycles. The van der Waals surface area contributed by atoms with Gasteiger partial charge in [-0.1, -0.05) is 11.2 Å². The number of unbranched alkanes of at least 4 members (excludes halogenated alkanes) is 1. The third-order valence-corrected chi connectivity index (χ3v) is 2.73. The fraction of sp³-hybridized carbons (Fsp3) is 0.385. The van der Waals surface area contributed by atoms with Crippen molar-refractivity contribution >= 4 is 11.7 Å². The first-order valence-corrected chi connectivity index (χ1v) is 6.26. The summed E-state index contributed by atoms with van der Waals surface area (Å²) in [7, 11) is 0.